The summed E-state index contributed by atoms with van der Waals surface area (Å²) >= 11 is 1.56. The minimum atomic E-state index is -0.333. The Kier molecular flexibility index (Phi) is 5.98. The highest BCUT2D eigenvalue weighted by Gasteiger charge is 2.24. The van der Waals surface area contributed by atoms with E-state index in [1.54, 1.807) is 17.5 Å². The summed E-state index contributed by atoms with van der Waals surface area (Å²) in [5, 5.41) is 5.87. The molecule has 1 saturated carbocycles. The number of nitrogens with one attached hydrogen (secondary N) is 1. The maximum atomic E-state index is 12.3. The number of hydrogen-bond acceptors (Lipinski definition) is 4. The standard InChI is InChI=1S/C15H24N2O2S/c1-3-13(19-12-7-5-4-6-8-12)14(18)17-11(2)15-16-9-10-20-15/h9-13H,3-8H2,1-2H3,(H,17,18)/t11-,13+/m0/s1. The van der Waals surface area contributed by atoms with Crippen molar-refractivity contribution in [1.82, 2.24) is 10.3 Å². The van der Waals surface area contributed by atoms with Crippen molar-refractivity contribution in [3.05, 3.63) is 16.6 Å². The van der Waals surface area contributed by atoms with Gasteiger partial charge in [-0.1, -0.05) is 26.2 Å². The summed E-state index contributed by atoms with van der Waals surface area (Å²) in [7, 11) is 0. The van der Waals surface area contributed by atoms with Crippen molar-refractivity contribution in [2.75, 3.05) is 0 Å². The van der Waals surface area contributed by atoms with E-state index in [2.05, 4.69) is 10.3 Å². The zero-order valence-electron chi connectivity index (χ0n) is 12.3. The molecule has 0 spiro atoms. The first-order valence-corrected chi connectivity index (χ1v) is 8.44. The lowest BCUT2D eigenvalue weighted by Gasteiger charge is -2.27. The summed E-state index contributed by atoms with van der Waals surface area (Å²) in [5.74, 6) is -0.0132. The largest absolute Gasteiger partial charge is 0.365 e. The van der Waals surface area contributed by atoms with Crippen LogP contribution >= 0.6 is 11.3 Å². The number of carbonyl (C=O) groups excluding carboxylic acids is 1. The summed E-state index contributed by atoms with van der Waals surface area (Å²) in [6, 6.07) is -0.0495. The molecule has 1 aromatic rings. The van der Waals surface area contributed by atoms with Crippen LogP contribution < -0.4 is 5.32 Å². The molecule has 5 heteroatoms. The lowest BCUT2D eigenvalue weighted by molar-refractivity contribution is -0.139. The lowest BCUT2D eigenvalue weighted by Crippen LogP contribution is -2.39. The van der Waals surface area contributed by atoms with Gasteiger partial charge in [-0.15, -0.1) is 11.3 Å². The molecule has 1 aromatic heterocycles. The second kappa shape index (κ2) is 7.74. The van der Waals surface area contributed by atoms with Crippen LogP contribution in [0.3, 0.4) is 0 Å². The molecule has 0 aromatic carbocycles. The Balaban J connectivity index is 1.84. The molecule has 0 radical (unpaired) electrons. The van der Waals surface area contributed by atoms with E-state index in [9.17, 15) is 4.79 Å². The predicted molar refractivity (Wildman–Crippen MR) is 80.7 cm³/mol. The highest BCUT2D eigenvalue weighted by atomic mass is 32.1. The van der Waals surface area contributed by atoms with Gasteiger partial charge in [-0.3, -0.25) is 4.79 Å². The van der Waals surface area contributed by atoms with Crippen LogP contribution in [0.2, 0.25) is 0 Å². The number of ether oxygens (including phenoxy) is 1. The van der Waals surface area contributed by atoms with Gasteiger partial charge in [0.2, 0.25) is 5.91 Å². The van der Waals surface area contributed by atoms with Gasteiger partial charge in [-0.25, -0.2) is 4.98 Å². The van der Waals surface area contributed by atoms with Crippen LogP contribution in [0, 0.1) is 0 Å². The van der Waals surface area contributed by atoms with Gasteiger partial charge in [0.15, 0.2) is 0 Å². The number of rotatable bonds is 6. The highest BCUT2D eigenvalue weighted by molar-refractivity contribution is 7.09. The van der Waals surface area contributed by atoms with Crippen LogP contribution in [0.5, 0.6) is 0 Å². The molecule has 1 fully saturated rings. The molecule has 1 heterocycles. The van der Waals surface area contributed by atoms with Gasteiger partial charge in [-0.2, -0.15) is 0 Å². The quantitative estimate of drug-likeness (QED) is 0.874. The summed E-state index contributed by atoms with van der Waals surface area (Å²) in [5.41, 5.74) is 0. The minimum absolute atomic E-state index is 0.0132. The Morgan fingerprint density at radius 2 is 2.25 bits per heavy atom. The van der Waals surface area contributed by atoms with Gasteiger partial charge in [0.05, 0.1) is 12.1 Å². The zero-order chi connectivity index (χ0) is 14.4. The van der Waals surface area contributed by atoms with E-state index in [1.165, 1.54) is 19.3 Å². The molecule has 4 nitrogen and oxygen atoms in total. The van der Waals surface area contributed by atoms with Crippen molar-refractivity contribution >= 4 is 17.2 Å². The molecule has 0 aliphatic heterocycles. The van der Waals surface area contributed by atoms with Crippen molar-refractivity contribution in [2.45, 2.75) is 70.6 Å². The van der Waals surface area contributed by atoms with Gasteiger partial charge < -0.3 is 10.1 Å². The molecule has 0 unspecified atom stereocenters. The van der Waals surface area contributed by atoms with Crippen molar-refractivity contribution in [1.29, 1.82) is 0 Å². The number of amides is 1. The van der Waals surface area contributed by atoms with E-state index in [4.69, 9.17) is 4.74 Å². The number of carbonyl (C=O) groups is 1. The van der Waals surface area contributed by atoms with E-state index in [-0.39, 0.29) is 24.2 Å². The lowest BCUT2D eigenvalue weighted by atomic mass is 9.97. The number of thiazole rings is 1. The van der Waals surface area contributed by atoms with E-state index in [1.807, 2.05) is 19.2 Å². The third-order valence-corrected chi connectivity index (χ3v) is 4.71. The second-order valence-electron chi connectivity index (χ2n) is 5.39. The number of hydrogen-bond donors (Lipinski definition) is 1. The number of nitrogens with zero attached hydrogens (tertiary/aromatic N) is 1. The van der Waals surface area contributed by atoms with E-state index < -0.39 is 0 Å². The van der Waals surface area contributed by atoms with Crippen LogP contribution in [0.1, 0.15) is 63.4 Å². The maximum absolute atomic E-state index is 12.3. The molecule has 1 aliphatic carbocycles. The van der Waals surface area contributed by atoms with Gasteiger partial charge >= 0.3 is 0 Å². The third kappa shape index (κ3) is 4.28. The van der Waals surface area contributed by atoms with Gasteiger partial charge in [0.1, 0.15) is 11.1 Å². The van der Waals surface area contributed by atoms with Gasteiger partial charge in [0, 0.05) is 11.6 Å². The normalized spacial score (nSPS) is 19.5. The smallest absolute Gasteiger partial charge is 0.249 e. The average Bonchev–Trinajstić information content (AvgIpc) is 3.00. The first kappa shape index (κ1) is 15.4. The first-order chi connectivity index (χ1) is 9.70. The van der Waals surface area contributed by atoms with Crippen molar-refractivity contribution in [2.24, 2.45) is 0 Å². The van der Waals surface area contributed by atoms with Crippen LogP contribution in [0.4, 0.5) is 0 Å². The van der Waals surface area contributed by atoms with Gasteiger partial charge in [0.25, 0.3) is 0 Å². The minimum Gasteiger partial charge on any atom is -0.365 e. The monoisotopic (exact) mass is 296 g/mol. The second-order valence-corrected chi connectivity index (χ2v) is 6.32. The molecule has 1 amide bonds. The topological polar surface area (TPSA) is 51.2 Å². The average molecular weight is 296 g/mol. The molecule has 112 valence electrons. The first-order valence-electron chi connectivity index (χ1n) is 7.56. The molecule has 0 saturated heterocycles. The highest BCUT2D eigenvalue weighted by Crippen LogP contribution is 2.22. The SMILES string of the molecule is CC[C@@H](OC1CCCCC1)C(=O)N[C@@H](C)c1nccs1. The summed E-state index contributed by atoms with van der Waals surface area (Å²) in [6.45, 7) is 3.96. The van der Waals surface area contributed by atoms with E-state index in [0.29, 0.717) is 6.42 Å². The van der Waals surface area contributed by atoms with Crippen molar-refractivity contribution in [3.63, 3.8) is 0 Å². The van der Waals surface area contributed by atoms with Crippen molar-refractivity contribution < 1.29 is 9.53 Å². The Hall–Kier alpha value is -0.940. The molecular weight excluding hydrogens is 272 g/mol. The zero-order valence-corrected chi connectivity index (χ0v) is 13.1. The van der Waals surface area contributed by atoms with Crippen LogP contribution in [0.15, 0.2) is 11.6 Å². The molecule has 1 aliphatic rings. The van der Waals surface area contributed by atoms with Crippen molar-refractivity contribution in [3.8, 4) is 0 Å². The maximum Gasteiger partial charge on any atom is 0.249 e. The fourth-order valence-corrected chi connectivity index (χ4v) is 3.24. The molecule has 0 bridgehead atoms. The summed E-state index contributed by atoms with van der Waals surface area (Å²) < 4.78 is 5.99. The fourth-order valence-electron chi connectivity index (χ4n) is 2.59. The third-order valence-electron chi connectivity index (χ3n) is 3.75. The Labute approximate surface area is 124 Å². The molecule has 2 atom stereocenters. The molecular formula is C15H24N2O2S. The predicted octanol–water partition coefficient (Wildman–Crippen LogP) is 3.45. The fraction of sp³-hybridized carbons (Fsp3) is 0.733. The Bertz CT molecular complexity index is 402. The molecule has 1 N–H and O–H groups in total. The van der Waals surface area contributed by atoms with E-state index in [0.717, 1.165) is 17.8 Å². The molecule has 2 rings (SSSR count). The van der Waals surface area contributed by atoms with Crippen LogP contribution in [0.25, 0.3) is 0 Å². The summed E-state index contributed by atoms with van der Waals surface area (Å²) in [6.07, 6.45) is 8.32. The van der Waals surface area contributed by atoms with Crippen LogP contribution in [-0.2, 0) is 9.53 Å². The Morgan fingerprint density at radius 1 is 1.50 bits per heavy atom. The summed E-state index contributed by atoms with van der Waals surface area (Å²) in [4.78, 5) is 16.5. The van der Waals surface area contributed by atoms with Crippen LogP contribution in [-0.4, -0.2) is 23.1 Å². The number of aromatic nitrogens is 1. The van der Waals surface area contributed by atoms with Gasteiger partial charge in [-0.05, 0) is 26.2 Å². The van der Waals surface area contributed by atoms with E-state index >= 15 is 0 Å². The Morgan fingerprint density at radius 3 is 2.85 bits per heavy atom. The molecule has 20 heavy (non-hydrogen) atoms.